The Kier molecular flexibility index (Phi) is 9.58. The Morgan fingerprint density at radius 3 is 1.87 bits per heavy atom. The lowest BCUT2D eigenvalue weighted by molar-refractivity contribution is 0.0513. The normalized spacial score (nSPS) is 11.1. The number of rotatable bonds is 6. The summed E-state index contributed by atoms with van der Waals surface area (Å²) in [6.07, 6.45) is 1.95. The largest absolute Gasteiger partial charge is 0.444 e. The van der Waals surface area contributed by atoms with E-state index in [0.717, 1.165) is 0 Å². The van der Waals surface area contributed by atoms with Crippen LogP contribution in [0, 0.1) is 0 Å². The van der Waals surface area contributed by atoms with Crippen molar-refractivity contribution in [3.05, 3.63) is 12.7 Å². The molecule has 2 rings (SSSR count). The van der Waals surface area contributed by atoms with Gasteiger partial charge in [-0.05, 0) is 57.2 Å². The van der Waals surface area contributed by atoms with E-state index in [4.69, 9.17) is 9.47 Å². The molecular weight excluding hydrogens is 396 g/mol. The van der Waals surface area contributed by atoms with Gasteiger partial charge in [0, 0.05) is 13.1 Å². The Bertz CT molecular complexity index is 671. The molecule has 0 aliphatic carbocycles. The second-order valence-electron chi connectivity index (χ2n) is 7.96. The number of ether oxygens (including phenoxy) is 2. The lowest BCUT2D eigenvalue weighted by Gasteiger charge is -2.19. The summed E-state index contributed by atoms with van der Waals surface area (Å²) in [6.45, 7) is 12.7. The fourth-order valence-corrected chi connectivity index (χ4v) is 1.73. The third kappa shape index (κ3) is 13.0. The van der Waals surface area contributed by atoms with Crippen LogP contribution in [0.15, 0.2) is 12.7 Å². The summed E-state index contributed by atoms with van der Waals surface area (Å²) in [5.41, 5.74) is -0.950. The van der Waals surface area contributed by atoms with Crippen LogP contribution in [0.3, 0.4) is 0 Å². The standard InChI is InChI=1S/2C8H15N5O2/c1-8(2,3)15-7(14)9-4-5-13-6-10-11-12-13;1-8(2,3)15-7(14)9-4-5-13-11-6-10-12-13/h2*6H,4-5H2,1-3H3,(H,9,14). The SMILES string of the molecule is CC(C)(C)OC(=O)NCCn1cnnn1.CC(C)(C)OC(=O)NCCn1ncnn1. The molecule has 0 fully saturated rings. The third-order valence-corrected chi connectivity index (χ3v) is 2.77. The molecule has 2 amide bonds. The van der Waals surface area contributed by atoms with E-state index in [2.05, 4.69) is 41.6 Å². The zero-order chi connectivity index (χ0) is 22.6. The van der Waals surface area contributed by atoms with Gasteiger partial charge in [-0.15, -0.1) is 15.3 Å². The van der Waals surface area contributed by atoms with E-state index >= 15 is 0 Å². The Morgan fingerprint density at radius 1 is 0.867 bits per heavy atom. The van der Waals surface area contributed by atoms with Crippen molar-refractivity contribution in [2.24, 2.45) is 0 Å². The molecule has 0 spiro atoms. The maximum atomic E-state index is 11.2. The molecule has 14 nitrogen and oxygen atoms in total. The molecule has 0 bridgehead atoms. The average Bonchev–Trinajstić information content (AvgIpc) is 3.25. The Morgan fingerprint density at radius 2 is 1.43 bits per heavy atom. The van der Waals surface area contributed by atoms with Crippen molar-refractivity contribution in [1.29, 1.82) is 0 Å². The molecule has 2 aromatic heterocycles. The summed E-state index contributed by atoms with van der Waals surface area (Å²) in [5, 5.41) is 26.8. The molecule has 0 unspecified atom stereocenters. The maximum Gasteiger partial charge on any atom is 0.407 e. The van der Waals surface area contributed by atoms with Crippen LogP contribution >= 0.6 is 0 Å². The van der Waals surface area contributed by atoms with Gasteiger partial charge >= 0.3 is 12.2 Å². The van der Waals surface area contributed by atoms with Crippen molar-refractivity contribution in [2.75, 3.05) is 13.1 Å². The average molecular weight is 426 g/mol. The predicted molar refractivity (Wildman–Crippen MR) is 104 cm³/mol. The van der Waals surface area contributed by atoms with Crippen molar-refractivity contribution in [3.8, 4) is 0 Å². The first-order valence-electron chi connectivity index (χ1n) is 9.30. The number of tetrazole rings is 2. The summed E-state index contributed by atoms with van der Waals surface area (Å²) < 4.78 is 11.6. The summed E-state index contributed by atoms with van der Waals surface area (Å²) in [6, 6.07) is 0. The number of carbonyl (C=O) groups excluding carboxylic acids is 2. The molecule has 0 atom stereocenters. The summed E-state index contributed by atoms with van der Waals surface area (Å²) in [4.78, 5) is 23.8. The van der Waals surface area contributed by atoms with Crippen molar-refractivity contribution in [2.45, 2.75) is 65.8 Å². The van der Waals surface area contributed by atoms with Crippen LogP contribution < -0.4 is 10.6 Å². The molecule has 2 N–H and O–H groups in total. The minimum atomic E-state index is -0.477. The highest BCUT2D eigenvalue weighted by molar-refractivity contribution is 5.67. The molecule has 0 aliphatic heterocycles. The summed E-state index contributed by atoms with van der Waals surface area (Å²) in [7, 11) is 0. The number of amides is 2. The molecule has 168 valence electrons. The van der Waals surface area contributed by atoms with Crippen LogP contribution in [-0.4, -0.2) is 76.9 Å². The van der Waals surface area contributed by atoms with Gasteiger partial charge in [-0.3, -0.25) is 0 Å². The maximum absolute atomic E-state index is 11.2. The summed E-state index contributed by atoms with van der Waals surface area (Å²) in [5.74, 6) is 0. The van der Waals surface area contributed by atoms with Crippen molar-refractivity contribution >= 4 is 12.2 Å². The van der Waals surface area contributed by atoms with Gasteiger partial charge in [0.15, 0.2) is 6.33 Å². The third-order valence-electron chi connectivity index (χ3n) is 2.77. The van der Waals surface area contributed by atoms with Gasteiger partial charge in [0.2, 0.25) is 0 Å². The fraction of sp³-hybridized carbons (Fsp3) is 0.750. The second kappa shape index (κ2) is 11.6. The van der Waals surface area contributed by atoms with Crippen molar-refractivity contribution in [3.63, 3.8) is 0 Å². The van der Waals surface area contributed by atoms with E-state index in [0.29, 0.717) is 26.2 Å². The molecular formula is C16H30N10O4. The molecule has 30 heavy (non-hydrogen) atoms. The summed E-state index contributed by atoms with van der Waals surface area (Å²) >= 11 is 0. The Balaban J connectivity index is 0.000000300. The van der Waals surface area contributed by atoms with Crippen LogP contribution in [0.25, 0.3) is 0 Å². The smallest absolute Gasteiger partial charge is 0.407 e. The predicted octanol–water partition coefficient (Wildman–Crippen LogP) is 0.396. The highest BCUT2D eigenvalue weighted by atomic mass is 16.6. The van der Waals surface area contributed by atoms with E-state index in [9.17, 15) is 9.59 Å². The quantitative estimate of drug-likeness (QED) is 0.660. The molecule has 0 saturated heterocycles. The number of hydrogen-bond donors (Lipinski definition) is 2. The lowest BCUT2D eigenvalue weighted by Crippen LogP contribution is -2.34. The van der Waals surface area contributed by atoms with E-state index in [1.54, 1.807) is 0 Å². The molecule has 2 heterocycles. The number of alkyl carbamates (subject to hydrolysis) is 2. The molecule has 0 aliphatic rings. The van der Waals surface area contributed by atoms with Crippen molar-refractivity contribution in [1.82, 2.24) is 51.0 Å². The zero-order valence-electron chi connectivity index (χ0n) is 18.2. The number of carbonyl (C=O) groups is 2. The van der Waals surface area contributed by atoms with Gasteiger partial charge < -0.3 is 20.1 Å². The van der Waals surface area contributed by atoms with Gasteiger partial charge in [-0.25, -0.2) is 14.3 Å². The minimum absolute atomic E-state index is 0.408. The second-order valence-corrected chi connectivity index (χ2v) is 7.96. The number of hydrogen-bond acceptors (Lipinski definition) is 10. The van der Waals surface area contributed by atoms with Crippen molar-refractivity contribution < 1.29 is 19.1 Å². The number of nitrogens with one attached hydrogen (secondary N) is 2. The molecule has 14 heteroatoms. The van der Waals surface area contributed by atoms with Crippen LogP contribution in [-0.2, 0) is 22.6 Å². The van der Waals surface area contributed by atoms with Crippen LogP contribution in [0.2, 0.25) is 0 Å². The molecule has 0 radical (unpaired) electrons. The highest BCUT2D eigenvalue weighted by Gasteiger charge is 2.16. The monoisotopic (exact) mass is 426 g/mol. The minimum Gasteiger partial charge on any atom is -0.444 e. The first kappa shape index (κ1) is 24.7. The number of aromatic nitrogens is 8. The molecule has 2 aromatic rings. The van der Waals surface area contributed by atoms with Gasteiger partial charge in [-0.1, -0.05) is 0 Å². The van der Waals surface area contributed by atoms with Gasteiger partial charge in [0.05, 0.1) is 13.1 Å². The fourth-order valence-electron chi connectivity index (χ4n) is 1.73. The topological polar surface area (TPSA) is 164 Å². The van der Waals surface area contributed by atoms with E-state index in [-0.39, 0.29) is 0 Å². The lowest BCUT2D eigenvalue weighted by atomic mass is 10.2. The van der Waals surface area contributed by atoms with Crippen LogP contribution in [0.5, 0.6) is 0 Å². The first-order chi connectivity index (χ1) is 13.9. The zero-order valence-corrected chi connectivity index (χ0v) is 18.2. The van der Waals surface area contributed by atoms with E-state index < -0.39 is 23.4 Å². The Hall–Kier alpha value is -3.32. The van der Waals surface area contributed by atoms with Gasteiger partial charge in [-0.2, -0.15) is 4.80 Å². The number of nitrogens with zero attached hydrogens (tertiary/aromatic N) is 8. The highest BCUT2D eigenvalue weighted by Crippen LogP contribution is 2.06. The van der Waals surface area contributed by atoms with E-state index in [1.165, 1.54) is 22.1 Å². The Labute approximate surface area is 174 Å². The molecule has 0 aromatic carbocycles. The first-order valence-corrected chi connectivity index (χ1v) is 9.30. The molecule has 0 saturated carbocycles. The van der Waals surface area contributed by atoms with E-state index in [1.807, 2.05) is 41.5 Å². The van der Waals surface area contributed by atoms with Gasteiger partial charge in [0.1, 0.15) is 17.5 Å². The van der Waals surface area contributed by atoms with Gasteiger partial charge in [0.25, 0.3) is 0 Å². The van der Waals surface area contributed by atoms with Crippen LogP contribution in [0.4, 0.5) is 9.59 Å². The van der Waals surface area contributed by atoms with Crippen LogP contribution in [0.1, 0.15) is 41.5 Å².